The molecule has 0 aromatic carbocycles. The number of fused-ring (bicyclic) bond motifs is 1. The van der Waals surface area contributed by atoms with Crippen molar-refractivity contribution in [3.8, 4) is 5.88 Å². The van der Waals surface area contributed by atoms with Crippen LogP contribution in [0.5, 0.6) is 5.88 Å². The maximum Gasteiger partial charge on any atom is 0.275 e. The van der Waals surface area contributed by atoms with E-state index in [9.17, 15) is 8.42 Å². The van der Waals surface area contributed by atoms with Gasteiger partial charge in [-0.25, -0.2) is 8.42 Å². The molecular weight excluding hydrogens is 318 g/mol. The largest absolute Gasteiger partial charge is 0.480 e. The summed E-state index contributed by atoms with van der Waals surface area (Å²) >= 11 is 2.55. The second-order valence-electron chi connectivity index (χ2n) is 3.96. The molecule has 0 spiro atoms. The lowest BCUT2D eigenvalue weighted by molar-refractivity contribution is 0.402. The number of anilines is 1. The van der Waals surface area contributed by atoms with E-state index in [0.29, 0.717) is 23.9 Å². The highest BCUT2D eigenvalue weighted by atomic mass is 32.2. The second kappa shape index (κ2) is 5.23. The van der Waals surface area contributed by atoms with E-state index in [1.54, 1.807) is 24.2 Å². The van der Waals surface area contributed by atoms with Crippen LogP contribution in [0.15, 0.2) is 33.6 Å². The Kier molecular flexibility index (Phi) is 3.57. The molecule has 106 valence electrons. The molecule has 1 aliphatic heterocycles. The number of ether oxygens (including phenoxy) is 1. The lowest BCUT2D eigenvalue weighted by Crippen LogP contribution is -2.35. The highest BCUT2D eigenvalue weighted by molar-refractivity contribution is 8.00. The second-order valence-corrected chi connectivity index (χ2v) is 7.99. The fourth-order valence-corrected chi connectivity index (χ4v) is 5.42. The van der Waals surface area contributed by atoms with E-state index in [2.05, 4.69) is 9.36 Å². The first-order chi connectivity index (χ1) is 9.63. The van der Waals surface area contributed by atoms with Crippen LogP contribution in [-0.4, -0.2) is 37.2 Å². The van der Waals surface area contributed by atoms with Gasteiger partial charge in [-0.05, 0) is 17.6 Å². The molecule has 0 N–H and O–H groups in total. The van der Waals surface area contributed by atoms with Gasteiger partial charge in [0.1, 0.15) is 0 Å². The van der Waals surface area contributed by atoms with Crippen LogP contribution in [0.3, 0.4) is 0 Å². The predicted molar refractivity (Wildman–Crippen MR) is 78.2 cm³/mol. The van der Waals surface area contributed by atoms with E-state index < -0.39 is 10.0 Å². The fraction of sp³-hybridized carbons (Fsp3) is 0.273. The van der Waals surface area contributed by atoms with Crippen molar-refractivity contribution in [1.82, 2.24) is 9.36 Å². The van der Waals surface area contributed by atoms with E-state index in [-0.39, 0.29) is 4.21 Å². The average molecular weight is 329 g/mol. The smallest absolute Gasteiger partial charge is 0.275 e. The van der Waals surface area contributed by atoms with Crippen molar-refractivity contribution in [2.45, 2.75) is 9.10 Å². The summed E-state index contributed by atoms with van der Waals surface area (Å²) in [4.78, 5) is 4.94. The summed E-state index contributed by atoms with van der Waals surface area (Å²) in [6.07, 6.45) is 3.25. The molecule has 2 aromatic heterocycles. The van der Waals surface area contributed by atoms with Gasteiger partial charge in [0.2, 0.25) is 5.88 Å². The number of sulfonamides is 1. The molecule has 9 heteroatoms. The third kappa shape index (κ3) is 2.25. The van der Waals surface area contributed by atoms with Gasteiger partial charge in [0.05, 0.1) is 19.0 Å². The third-order valence-corrected chi connectivity index (χ3v) is 6.86. The number of pyridine rings is 1. The van der Waals surface area contributed by atoms with Crippen LogP contribution in [0.1, 0.15) is 0 Å². The maximum atomic E-state index is 12.7. The molecule has 0 unspecified atom stereocenters. The predicted octanol–water partition coefficient (Wildman–Crippen LogP) is 1.85. The Hall–Kier alpha value is -1.32. The third-order valence-electron chi connectivity index (χ3n) is 2.80. The lowest BCUT2D eigenvalue weighted by Gasteiger charge is -2.28. The van der Waals surface area contributed by atoms with Crippen molar-refractivity contribution in [2.24, 2.45) is 0 Å². The van der Waals surface area contributed by atoms with Crippen molar-refractivity contribution < 1.29 is 13.2 Å². The summed E-state index contributed by atoms with van der Waals surface area (Å²) in [6.45, 7) is 0.423. The van der Waals surface area contributed by atoms with Crippen LogP contribution in [0, 0.1) is 0 Å². The Morgan fingerprint density at radius 1 is 1.45 bits per heavy atom. The molecule has 0 aliphatic carbocycles. The first-order valence-electron chi connectivity index (χ1n) is 5.73. The fourth-order valence-electron chi connectivity index (χ4n) is 1.86. The zero-order chi connectivity index (χ0) is 14.2. The Morgan fingerprint density at radius 2 is 2.30 bits per heavy atom. The van der Waals surface area contributed by atoms with E-state index in [1.807, 2.05) is 6.07 Å². The molecule has 0 saturated heterocycles. The van der Waals surface area contributed by atoms with E-state index in [4.69, 9.17) is 4.74 Å². The summed E-state index contributed by atoms with van der Waals surface area (Å²) in [5.41, 5.74) is 0.621. The molecule has 3 rings (SSSR count). The molecule has 0 saturated carbocycles. The summed E-state index contributed by atoms with van der Waals surface area (Å²) in [7, 11) is -2.15. The summed E-state index contributed by atoms with van der Waals surface area (Å²) in [5, 5.41) is 0. The molecule has 1 aliphatic rings. The van der Waals surface area contributed by atoms with Gasteiger partial charge in [-0.15, -0.1) is 11.8 Å². The van der Waals surface area contributed by atoms with E-state index in [1.165, 1.54) is 17.5 Å². The van der Waals surface area contributed by atoms with Gasteiger partial charge >= 0.3 is 0 Å². The molecule has 0 atom stereocenters. The summed E-state index contributed by atoms with van der Waals surface area (Å²) in [5.74, 6) is 1.03. The SMILES string of the molecule is COc1cc(S(=O)(=O)N2CCSc3ccncc32)sn1. The zero-order valence-corrected chi connectivity index (χ0v) is 13.0. The van der Waals surface area contributed by atoms with Crippen LogP contribution >= 0.6 is 23.3 Å². The zero-order valence-electron chi connectivity index (χ0n) is 10.5. The quantitative estimate of drug-likeness (QED) is 0.856. The summed E-state index contributed by atoms with van der Waals surface area (Å²) in [6, 6.07) is 3.27. The Bertz CT molecular complexity index is 729. The molecular formula is C11H11N3O3S3. The Morgan fingerprint density at radius 3 is 3.05 bits per heavy atom. The van der Waals surface area contributed by atoms with Gasteiger partial charge in [0, 0.05) is 29.5 Å². The number of thioether (sulfide) groups is 1. The van der Waals surface area contributed by atoms with Gasteiger partial charge in [0.25, 0.3) is 10.0 Å². The number of nitrogens with zero attached hydrogens (tertiary/aromatic N) is 3. The number of hydrogen-bond acceptors (Lipinski definition) is 7. The lowest BCUT2D eigenvalue weighted by atomic mass is 10.4. The van der Waals surface area contributed by atoms with Crippen molar-refractivity contribution in [3.05, 3.63) is 24.5 Å². The minimum Gasteiger partial charge on any atom is -0.480 e. The molecule has 2 aromatic rings. The van der Waals surface area contributed by atoms with Crippen LogP contribution in [-0.2, 0) is 10.0 Å². The Balaban J connectivity index is 2.04. The minimum absolute atomic E-state index is 0.177. The van der Waals surface area contributed by atoms with E-state index >= 15 is 0 Å². The molecule has 0 amide bonds. The first-order valence-corrected chi connectivity index (χ1v) is 8.93. The topological polar surface area (TPSA) is 72.4 Å². The number of methoxy groups -OCH3 is 1. The van der Waals surface area contributed by atoms with Crippen molar-refractivity contribution in [3.63, 3.8) is 0 Å². The summed E-state index contributed by atoms with van der Waals surface area (Å²) < 4.78 is 35.8. The minimum atomic E-state index is -3.61. The van der Waals surface area contributed by atoms with Crippen molar-refractivity contribution in [1.29, 1.82) is 0 Å². The Labute approximate surface area is 125 Å². The molecule has 20 heavy (non-hydrogen) atoms. The van der Waals surface area contributed by atoms with E-state index in [0.717, 1.165) is 16.4 Å². The van der Waals surface area contributed by atoms with Crippen molar-refractivity contribution >= 4 is 39.0 Å². The van der Waals surface area contributed by atoms with Gasteiger partial charge in [-0.1, -0.05) is 0 Å². The van der Waals surface area contributed by atoms with Gasteiger partial charge in [0.15, 0.2) is 4.21 Å². The van der Waals surface area contributed by atoms with Gasteiger partial charge in [-0.2, -0.15) is 4.37 Å². The molecule has 0 bridgehead atoms. The first kappa shape index (κ1) is 13.7. The van der Waals surface area contributed by atoms with Crippen LogP contribution in [0.2, 0.25) is 0 Å². The van der Waals surface area contributed by atoms with Crippen LogP contribution < -0.4 is 9.04 Å². The van der Waals surface area contributed by atoms with Crippen LogP contribution in [0.25, 0.3) is 0 Å². The average Bonchev–Trinajstić information content (AvgIpc) is 2.96. The monoisotopic (exact) mass is 329 g/mol. The molecule has 0 fully saturated rings. The normalized spacial score (nSPS) is 14.9. The van der Waals surface area contributed by atoms with Gasteiger partial charge in [-0.3, -0.25) is 9.29 Å². The van der Waals surface area contributed by atoms with Gasteiger partial charge < -0.3 is 4.74 Å². The number of aromatic nitrogens is 2. The van der Waals surface area contributed by atoms with Crippen molar-refractivity contribution in [2.75, 3.05) is 23.7 Å². The standard InChI is InChI=1S/C11H11N3O3S3/c1-17-10-6-11(19-13-10)20(15,16)14-4-5-18-9-2-3-12-7-8(9)14/h2-3,6-7H,4-5H2,1H3. The highest BCUT2D eigenvalue weighted by Crippen LogP contribution is 2.37. The number of hydrogen-bond donors (Lipinski definition) is 0. The van der Waals surface area contributed by atoms with Crippen LogP contribution in [0.4, 0.5) is 5.69 Å². The molecule has 6 nitrogen and oxygen atoms in total. The molecule has 3 heterocycles. The highest BCUT2D eigenvalue weighted by Gasteiger charge is 2.31. The number of rotatable bonds is 3. The molecule has 0 radical (unpaired) electrons. The maximum absolute atomic E-state index is 12.7.